The van der Waals surface area contributed by atoms with Crippen LogP contribution in [0.3, 0.4) is 0 Å². The summed E-state index contributed by atoms with van der Waals surface area (Å²) in [7, 11) is 0. The molecular formula is C17H14Cl2N4O. The summed E-state index contributed by atoms with van der Waals surface area (Å²) in [4.78, 5) is 4.08. The Morgan fingerprint density at radius 1 is 1.17 bits per heavy atom. The van der Waals surface area contributed by atoms with Crippen LogP contribution in [-0.4, -0.2) is 15.9 Å². The molecule has 5 nitrogen and oxygen atoms in total. The molecule has 0 spiro atoms. The molecule has 0 aliphatic carbocycles. The molecule has 2 N–H and O–H groups in total. The second-order valence-corrected chi connectivity index (χ2v) is 5.92. The van der Waals surface area contributed by atoms with Crippen LogP contribution in [0, 0.1) is 6.92 Å². The fourth-order valence-electron chi connectivity index (χ4n) is 2.03. The lowest BCUT2D eigenvalue weighted by Gasteiger charge is -2.07. The van der Waals surface area contributed by atoms with Gasteiger partial charge in [-0.2, -0.15) is 5.10 Å². The predicted molar refractivity (Wildman–Crippen MR) is 97.3 cm³/mol. The van der Waals surface area contributed by atoms with Gasteiger partial charge in [0.2, 0.25) is 5.95 Å². The molecular weight excluding hydrogens is 347 g/mol. The van der Waals surface area contributed by atoms with E-state index in [0.29, 0.717) is 27.5 Å². The van der Waals surface area contributed by atoms with Gasteiger partial charge < -0.3 is 10.5 Å². The molecule has 3 aromatic rings. The van der Waals surface area contributed by atoms with Crippen LogP contribution < -0.4 is 10.5 Å². The summed E-state index contributed by atoms with van der Waals surface area (Å²) < 4.78 is 7.26. The van der Waals surface area contributed by atoms with Crippen molar-refractivity contribution in [2.24, 2.45) is 5.10 Å². The van der Waals surface area contributed by atoms with Crippen LogP contribution in [0.25, 0.3) is 0 Å². The van der Waals surface area contributed by atoms with Crippen molar-refractivity contribution in [1.82, 2.24) is 9.66 Å². The maximum atomic E-state index is 6.09. The minimum Gasteiger partial charge on any atom is -0.456 e. The molecule has 0 radical (unpaired) electrons. The fourth-order valence-corrected chi connectivity index (χ4v) is 2.48. The molecule has 0 aliphatic rings. The first-order chi connectivity index (χ1) is 11.5. The number of nitrogen functional groups attached to an aromatic ring is 1. The van der Waals surface area contributed by atoms with E-state index in [0.717, 1.165) is 11.3 Å². The van der Waals surface area contributed by atoms with Gasteiger partial charge in [-0.15, -0.1) is 0 Å². The standard InChI is InChI=1S/C17H14Cl2N4O/c1-11-10-23(17(20)22-11)21-9-12-2-5-14(6-3-12)24-16-7-4-13(18)8-15(16)19/h2-10H,1H3,(H2,20,22). The summed E-state index contributed by atoms with van der Waals surface area (Å²) in [5.41, 5.74) is 7.45. The van der Waals surface area contributed by atoms with Gasteiger partial charge in [0, 0.05) is 5.02 Å². The number of imidazole rings is 1. The van der Waals surface area contributed by atoms with Crippen molar-refractivity contribution in [3.63, 3.8) is 0 Å². The van der Waals surface area contributed by atoms with Gasteiger partial charge >= 0.3 is 0 Å². The molecule has 0 aliphatic heterocycles. The topological polar surface area (TPSA) is 65.4 Å². The van der Waals surface area contributed by atoms with E-state index in [2.05, 4.69) is 10.1 Å². The molecule has 7 heteroatoms. The minimum atomic E-state index is 0.348. The van der Waals surface area contributed by atoms with E-state index in [1.54, 1.807) is 30.6 Å². The van der Waals surface area contributed by atoms with Gasteiger partial charge in [0.05, 0.1) is 23.1 Å². The summed E-state index contributed by atoms with van der Waals surface area (Å²) in [6.45, 7) is 1.86. The first-order valence-electron chi connectivity index (χ1n) is 7.10. The Labute approximate surface area is 149 Å². The zero-order valence-corrected chi connectivity index (χ0v) is 14.3. The summed E-state index contributed by atoms with van der Waals surface area (Å²) in [5, 5.41) is 5.28. The third-order valence-corrected chi connectivity index (χ3v) is 3.70. The zero-order chi connectivity index (χ0) is 17.1. The van der Waals surface area contributed by atoms with Crippen molar-refractivity contribution in [3.8, 4) is 11.5 Å². The van der Waals surface area contributed by atoms with Gasteiger partial charge in [-0.05, 0) is 55.0 Å². The third kappa shape index (κ3) is 3.88. The van der Waals surface area contributed by atoms with Crippen LogP contribution in [0.2, 0.25) is 10.0 Å². The monoisotopic (exact) mass is 360 g/mol. The lowest BCUT2D eigenvalue weighted by Crippen LogP contribution is -1.96. The molecule has 0 bridgehead atoms. The van der Waals surface area contributed by atoms with Crippen LogP contribution in [0.1, 0.15) is 11.3 Å². The quantitative estimate of drug-likeness (QED) is 0.682. The van der Waals surface area contributed by atoms with Crippen LogP contribution in [0.5, 0.6) is 11.5 Å². The number of hydrogen-bond acceptors (Lipinski definition) is 4. The number of nitrogens with two attached hydrogens (primary N) is 1. The second kappa shape index (κ2) is 6.95. The Balaban J connectivity index is 1.72. The smallest absolute Gasteiger partial charge is 0.221 e. The summed E-state index contributed by atoms with van der Waals surface area (Å²) in [6.07, 6.45) is 3.45. The van der Waals surface area contributed by atoms with E-state index in [9.17, 15) is 0 Å². The van der Waals surface area contributed by atoms with Crippen molar-refractivity contribution in [1.29, 1.82) is 0 Å². The number of aromatic nitrogens is 2. The molecule has 0 unspecified atom stereocenters. The van der Waals surface area contributed by atoms with Gasteiger partial charge in [-0.25, -0.2) is 9.66 Å². The fraction of sp³-hybridized carbons (Fsp3) is 0.0588. The Morgan fingerprint density at radius 3 is 2.54 bits per heavy atom. The minimum absolute atomic E-state index is 0.348. The molecule has 122 valence electrons. The van der Waals surface area contributed by atoms with Crippen LogP contribution in [-0.2, 0) is 0 Å². The number of rotatable bonds is 4. The van der Waals surface area contributed by atoms with Crippen molar-refractivity contribution in [2.45, 2.75) is 6.92 Å². The molecule has 1 aromatic heterocycles. The van der Waals surface area contributed by atoms with E-state index in [1.807, 2.05) is 31.2 Å². The number of nitrogens with zero attached hydrogens (tertiary/aromatic N) is 3. The average Bonchev–Trinajstić information content (AvgIpc) is 2.87. The van der Waals surface area contributed by atoms with Crippen molar-refractivity contribution in [3.05, 3.63) is 70.0 Å². The normalized spacial score (nSPS) is 11.1. The van der Waals surface area contributed by atoms with Crippen molar-refractivity contribution >= 4 is 35.4 Å². The lowest BCUT2D eigenvalue weighted by molar-refractivity contribution is 0.483. The van der Waals surface area contributed by atoms with E-state index in [-0.39, 0.29) is 0 Å². The molecule has 0 amide bonds. The van der Waals surface area contributed by atoms with E-state index in [1.165, 1.54) is 4.68 Å². The van der Waals surface area contributed by atoms with Crippen LogP contribution in [0.15, 0.2) is 53.8 Å². The molecule has 0 fully saturated rings. The highest BCUT2D eigenvalue weighted by Gasteiger charge is 2.04. The Bertz CT molecular complexity index is 888. The first-order valence-corrected chi connectivity index (χ1v) is 7.85. The average molecular weight is 361 g/mol. The highest BCUT2D eigenvalue weighted by atomic mass is 35.5. The van der Waals surface area contributed by atoms with Gasteiger partial charge in [-0.1, -0.05) is 23.2 Å². The maximum absolute atomic E-state index is 6.09. The molecule has 0 saturated heterocycles. The predicted octanol–water partition coefficient (Wildman–Crippen LogP) is 4.76. The summed E-state index contributed by atoms with van der Waals surface area (Å²) in [6, 6.07) is 12.5. The SMILES string of the molecule is Cc1cn(N=Cc2ccc(Oc3ccc(Cl)cc3Cl)cc2)c(N)n1. The van der Waals surface area contributed by atoms with Gasteiger partial charge in [0.15, 0.2) is 0 Å². The van der Waals surface area contributed by atoms with Crippen LogP contribution in [0.4, 0.5) is 5.95 Å². The molecule has 0 atom stereocenters. The first kappa shape index (κ1) is 16.4. The summed E-state index contributed by atoms with van der Waals surface area (Å²) in [5.74, 6) is 1.56. The number of aryl methyl sites for hydroxylation is 1. The molecule has 0 saturated carbocycles. The van der Waals surface area contributed by atoms with Gasteiger partial charge in [0.25, 0.3) is 0 Å². The number of ether oxygens (including phenoxy) is 1. The molecule has 3 rings (SSSR count). The van der Waals surface area contributed by atoms with E-state index in [4.69, 9.17) is 33.7 Å². The molecule has 2 aromatic carbocycles. The molecule has 1 heterocycles. The molecule has 24 heavy (non-hydrogen) atoms. The zero-order valence-electron chi connectivity index (χ0n) is 12.8. The van der Waals surface area contributed by atoms with E-state index >= 15 is 0 Å². The number of hydrogen-bond donors (Lipinski definition) is 1. The third-order valence-electron chi connectivity index (χ3n) is 3.17. The van der Waals surface area contributed by atoms with Gasteiger partial charge in [0.1, 0.15) is 11.5 Å². The Kier molecular flexibility index (Phi) is 4.74. The highest BCUT2D eigenvalue weighted by molar-refractivity contribution is 6.35. The largest absolute Gasteiger partial charge is 0.456 e. The lowest BCUT2D eigenvalue weighted by atomic mass is 10.2. The van der Waals surface area contributed by atoms with E-state index < -0.39 is 0 Å². The van der Waals surface area contributed by atoms with Crippen molar-refractivity contribution < 1.29 is 4.74 Å². The number of benzene rings is 2. The van der Waals surface area contributed by atoms with Crippen LogP contribution >= 0.6 is 23.2 Å². The Morgan fingerprint density at radius 2 is 1.92 bits per heavy atom. The second-order valence-electron chi connectivity index (χ2n) is 5.08. The maximum Gasteiger partial charge on any atom is 0.221 e. The highest BCUT2D eigenvalue weighted by Crippen LogP contribution is 2.31. The van der Waals surface area contributed by atoms with Crippen molar-refractivity contribution in [2.75, 3.05) is 5.73 Å². The Hall–Kier alpha value is -2.50. The number of halogens is 2. The summed E-state index contributed by atoms with van der Waals surface area (Å²) >= 11 is 12.0. The number of anilines is 1. The van der Waals surface area contributed by atoms with Gasteiger partial charge in [-0.3, -0.25) is 0 Å².